The zero-order valence-electron chi connectivity index (χ0n) is 8.58. The van der Waals surface area contributed by atoms with E-state index in [9.17, 15) is 4.21 Å². The Bertz CT molecular complexity index is 219. The van der Waals surface area contributed by atoms with Gasteiger partial charge >= 0.3 is 0 Å². The molecule has 0 bridgehead atoms. The first-order valence-electron chi connectivity index (χ1n) is 4.77. The molecule has 1 aliphatic heterocycles. The molecule has 3 atom stereocenters. The molecule has 13 heavy (non-hydrogen) atoms. The van der Waals surface area contributed by atoms with E-state index in [0.717, 1.165) is 24.2 Å². The van der Waals surface area contributed by atoms with Crippen LogP contribution in [0.3, 0.4) is 0 Å². The molecule has 0 amide bonds. The maximum absolute atomic E-state index is 11.5. The Hall–Kier alpha value is -0.310. The van der Waals surface area contributed by atoms with Gasteiger partial charge in [0.15, 0.2) is 0 Å². The normalized spacial score (nSPS) is 29.8. The zero-order valence-corrected chi connectivity index (χ0v) is 9.39. The molecule has 1 rings (SSSR count). The molecule has 1 heterocycles. The van der Waals surface area contributed by atoms with Crippen LogP contribution in [0.1, 0.15) is 33.6 Å². The maximum Gasteiger partial charge on any atom is 0.109 e. The first-order valence-corrected chi connectivity index (χ1v) is 6.15. The van der Waals surface area contributed by atoms with Gasteiger partial charge in [-0.1, -0.05) is 0 Å². The van der Waals surface area contributed by atoms with Crippen molar-refractivity contribution in [3.63, 3.8) is 0 Å². The van der Waals surface area contributed by atoms with E-state index in [-0.39, 0.29) is 11.4 Å². The van der Waals surface area contributed by atoms with Gasteiger partial charge in [0.25, 0.3) is 0 Å². The number of ether oxygens (including phenoxy) is 1. The van der Waals surface area contributed by atoms with Gasteiger partial charge in [-0.3, -0.25) is 4.21 Å². The van der Waals surface area contributed by atoms with Crippen LogP contribution in [0.2, 0.25) is 0 Å². The fourth-order valence-corrected chi connectivity index (χ4v) is 3.16. The smallest absolute Gasteiger partial charge is 0.109 e. The van der Waals surface area contributed by atoms with Crippen LogP contribution in [0.5, 0.6) is 0 Å². The molecule has 0 aromatic heterocycles. The number of rotatable bonds is 3. The van der Waals surface area contributed by atoms with Crippen molar-refractivity contribution < 1.29 is 8.95 Å². The monoisotopic (exact) mass is 202 g/mol. The van der Waals surface area contributed by atoms with E-state index < -0.39 is 10.8 Å². The van der Waals surface area contributed by atoms with E-state index in [1.54, 1.807) is 6.26 Å². The Morgan fingerprint density at radius 3 is 2.77 bits per heavy atom. The van der Waals surface area contributed by atoms with Crippen LogP contribution >= 0.6 is 0 Å². The van der Waals surface area contributed by atoms with Gasteiger partial charge in [-0.25, -0.2) is 0 Å². The Kier molecular flexibility index (Phi) is 3.97. The molecule has 76 valence electrons. The lowest BCUT2D eigenvalue weighted by Gasteiger charge is -2.17. The summed E-state index contributed by atoms with van der Waals surface area (Å²) in [4.78, 5) is 0. The molecule has 0 N–H and O–H groups in total. The minimum absolute atomic E-state index is 0.0956. The van der Waals surface area contributed by atoms with Crippen molar-refractivity contribution in [1.82, 2.24) is 0 Å². The highest BCUT2D eigenvalue weighted by molar-refractivity contribution is 7.85. The average molecular weight is 202 g/mol. The molecule has 2 nitrogen and oxygen atoms in total. The van der Waals surface area contributed by atoms with Crippen molar-refractivity contribution >= 4 is 10.8 Å². The molecule has 1 saturated heterocycles. The summed E-state index contributed by atoms with van der Waals surface area (Å²) in [5.41, 5.74) is 1.15. The molecule has 0 aliphatic carbocycles. The van der Waals surface area contributed by atoms with Crippen LogP contribution < -0.4 is 0 Å². The molecule has 0 aromatic rings. The first kappa shape index (κ1) is 10.8. The van der Waals surface area contributed by atoms with Gasteiger partial charge in [0.1, 0.15) is 6.10 Å². The maximum atomic E-state index is 11.5. The summed E-state index contributed by atoms with van der Waals surface area (Å²) < 4.78 is 17.0. The Balaban J connectivity index is 2.43. The van der Waals surface area contributed by atoms with Crippen LogP contribution in [-0.2, 0) is 15.5 Å². The fourth-order valence-electron chi connectivity index (χ4n) is 1.49. The quantitative estimate of drug-likeness (QED) is 0.656. The summed E-state index contributed by atoms with van der Waals surface area (Å²) in [6, 6.07) is 0. The molecule has 3 unspecified atom stereocenters. The number of hydrogen-bond acceptors (Lipinski definition) is 2. The van der Waals surface area contributed by atoms with Gasteiger partial charge in [0.2, 0.25) is 0 Å². The van der Waals surface area contributed by atoms with Gasteiger partial charge in [-0.15, -0.1) is 0 Å². The van der Waals surface area contributed by atoms with Crippen LogP contribution in [0.15, 0.2) is 11.8 Å². The van der Waals surface area contributed by atoms with Crippen LogP contribution in [0.25, 0.3) is 0 Å². The van der Waals surface area contributed by atoms with Crippen molar-refractivity contribution in [3.8, 4) is 0 Å². The zero-order chi connectivity index (χ0) is 9.84. The highest BCUT2D eigenvalue weighted by Gasteiger charge is 2.28. The summed E-state index contributed by atoms with van der Waals surface area (Å²) in [5, 5.41) is 0.246. The van der Waals surface area contributed by atoms with E-state index in [1.807, 2.05) is 20.8 Å². The van der Waals surface area contributed by atoms with Gasteiger partial charge in [-0.05, 0) is 39.2 Å². The Labute approximate surface area is 82.8 Å². The van der Waals surface area contributed by atoms with Gasteiger partial charge < -0.3 is 4.74 Å². The van der Waals surface area contributed by atoms with E-state index in [1.165, 1.54) is 0 Å². The fraction of sp³-hybridized carbons (Fsp3) is 0.800. The standard InChI is InChI=1S/C10H18O2S/c1-8(2)7-12-9(3)10-5-4-6-13(10)11/h7,9-10H,4-6H2,1-3H3. The molecule has 0 spiro atoms. The van der Waals surface area contributed by atoms with Crippen molar-refractivity contribution in [1.29, 1.82) is 0 Å². The van der Waals surface area contributed by atoms with Gasteiger partial charge in [0.05, 0.1) is 11.5 Å². The third-order valence-corrected chi connectivity index (χ3v) is 4.20. The lowest BCUT2D eigenvalue weighted by Crippen LogP contribution is -2.25. The van der Waals surface area contributed by atoms with Crippen molar-refractivity contribution in [3.05, 3.63) is 11.8 Å². The van der Waals surface area contributed by atoms with Crippen LogP contribution in [0, 0.1) is 0 Å². The predicted octanol–water partition coefficient (Wildman–Crippen LogP) is 2.23. The number of hydrogen-bond donors (Lipinski definition) is 0. The summed E-state index contributed by atoms with van der Waals surface area (Å²) in [6.45, 7) is 6.00. The van der Waals surface area contributed by atoms with E-state index in [2.05, 4.69) is 0 Å². The van der Waals surface area contributed by atoms with Crippen LogP contribution in [-0.4, -0.2) is 21.3 Å². The molecule has 1 aliphatic rings. The van der Waals surface area contributed by atoms with Gasteiger partial charge in [0, 0.05) is 16.6 Å². The Morgan fingerprint density at radius 1 is 1.62 bits per heavy atom. The van der Waals surface area contributed by atoms with E-state index in [0.29, 0.717) is 0 Å². The van der Waals surface area contributed by atoms with Gasteiger partial charge in [-0.2, -0.15) is 0 Å². The first-order chi connectivity index (χ1) is 6.11. The largest absolute Gasteiger partial charge is 0.497 e. The van der Waals surface area contributed by atoms with E-state index in [4.69, 9.17) is 4.74 Å². The highest BCUT2D eigenvalue weighted by atomic mass is 32.2. The highest BCUT2D eigenvalue weighted by Crippen LogP contribution is 2.21. The molecule has 0 aromatic carbocycles. The molecular weight excluding hydrogens is 184 g/mol. The third kappa shape index (κ3) is 3.14. The average Bonchev–Trinajstić information content (AvgIpc) is 2.47. The second-order valence-corrected chi connectivity index (χ2v) is 5.58. The summed E-state index contributed by atoms with van der Waals surface area (Å²) in [7, 11) is -0.660. The van der Waals surface area contributed by atoms with Crippen molar-refractivity contribution in [2.24, 2.45) is 0 Å². The second-order valence-electron chi connectivity index (χ2n) is 3.80. The minimum atomic E-state index is -0.660. The summed E-state index contributed by atoms with van der Waals surface area (Å²) >= 11 is 0. The molecule has 3 heteroatoms. The predicted molar refractivity (Wildman–Crippen MR) is 56.0 cm³/mol. The molecular formula is C10H18O2S. The topological polar surface area (TPSA) is 26.3 Å². The SMILES string of the molecule is CC(C)=COC(C)C1CCCS1=O. The summed E-state index contributed by atoms with van der Waals surface area (Å²) in [5.74, 6) is 0.854. The minimum Gasteiger partial charge on any atom is -0.497 e. The van der Waals surface area contributed by atoms with Crippen molar-refractivity contribution in [2.45, 2.75) is 45.0 Å². The lowest BCUT2D eigenvalue weighted by molar-refractivity contribution is 0.154. The van der Waals surface area contributed by atoms with Crippen LogP contribution in [0.4, 0.5) is 0 Å². The lowest BCUT2D eigenvalue weighted by atomic mass is 10.2. The molecule has 1 fully saturated rings. The number of allylic oxidation sites excluding steroid dienone is 1. The molecule has 0 radical (unpaired) electrons. The second kappa shape index (κ2) is 4.80. The van der Waals surface area contributed by atoms with E-state index >= 15 is 0 Å². The van der Waals surface area contributed by atoms with Crippen molar-refractivity contribution in [2.75, 3.05) is 5.75 Å². The summed E-state index contributed by atoms with van der Waals surface area (Å²) in [6.07, 6.45) is 3.99. The third-order valence-electron chi connectivity index (χ3n) is 2.21. The molecule has 0 saturated carbocycles. The Morgan fingerprint density at radius 2 is 2.31 bits per heavy atom.